The van der Waals surface area contributed by atoms with E-state index >= 15 is 0 Å². The van der Waals surface area contributed by atoms with Crippen LogP contribution in [-0.4, -0.2) is 16.0 Å². The molecular formula is C11H10ClN3O2. The molecule has 5 nitrogen and oxygen atoms in total. The van der Waals surface area contributed by atoms with Crippen LogP contribution in [0, 0.1) is 0 Å². The number of amides is 1. The van der Waals surface area contributed by atoms with Crippen LogP contribution in [-0.2, 0) is 12.4 Å². The number of halogens is 1. The second-order valence-electron chi connectivity index (χ2n) is 3.32. The first-order chi connectivity index (χ1) is 8.29. The summed E-state index contributed by atoms with van der Waals surface area (Å²) in [5.74, 6) is 0.594. The van der Waals surface area contributed by atoms with E-state index in [0.717, 1.165) is 0 Å². The molecule has 0 spiro atoms. The predicted molar refractivity (Wildman–Crippen MR) is 61.5 cm³/mol. The van der Waals surface area contributed by atoms with E-state index < -0.39 is 0 Å². The van der Waals surface area contributed by atoms with Crippen LogP contribution >= 0.6 is 11.6 Å². The van der Waals surface area contributed by atoms with Gasteiger partial charge in [0.25, 0.3) is 5.91 Å². The van der Waals surface area contributed by atoms with Gasteiger partial charge in [0.05, 0.1) is 18.1 Å². The summed E-state index contributed by atoms with van der Waals surface area (Å²) < 4.78 is 4.97. The average Bonchev–Trinajstić information content (AvgIpc) is 2.85. The van der Waals surface area contributed by atoms with Crippen LogP contribution in [0.4, 0.5) is 0 Å². The Kier molecular flexibility index (Phi) is 3.72. The lowest BCUT2D eigenvalue weighted by atomic mass is 10.3. The van der Waals surface area contributed by atoms with Crippen molar-refractivity contribution in [1.29, 1.82) is 0 Å². The molecule has 0 saturated heterocycles. The number of hydrogen-bond acceptors (Lipinski definition) is 4. The summed E-state index contributed by atoms with van der Waals surface area (Å²) in [7, 11) is 0. The molecule has 0 aliphatic rings. The fourth-order valence-corrected chi connectivity index (χ4v) is 1.38. The van der Waals surface area contributed by atoms with Crippen molar-refractivity contribution in [2.24, 2.45) is 0 Å². The van der Waals surface area contributed by atoms with E-state index in [1.165, 1.54) is 0 Å². The van der Waals surface area contributed by atoms with Gasteiger partial charge in [0.1, 0.15) is 5.69 Å². The van der Waals surface area contributed by atoms with Gasteiger partial charge < -0.3 is 9.84 Å². The largest absolute Gasteiger partial charge is 0.359 e. The Hall–Kier alpha value is -1.88. The fraction of sp³-hybridized carbons (Fsp3) is 0.182. The van der Waals surface area contributed by atoms with E-state index in [1.807, 2.05) is 0 Å². The predicted octanol–water partition coefficient (Wildman–Crippen LogP) is 1.74. The van der Waals surface area contributed by atoms with E-state index in [2.05, 4.69) is 15.5 Å². The van der Waals surface area contributed by atoms with Crippen LogP contribution in [0.25, 0.3) is 0 Å². The molecule has 88 valence electrons. The van der Waals surface area contributed by atoms with Gasteiger partial charge in [0.15, 0.2) is 5.76 Å². The molecular weight excluding hydrogens is 242 g/mol. The average molecular weight is 252 g/mol. The van der Waals surface area contributed by atoms with Gasteiger partial charge in [-0.05, 0) is 12.1 Å². The van der Waals surface area contributed by atoms with Crippen LogP contribution in [0.5, 0.6) is 0 Å². The highest BCUT2D eigenvalue weighted by Gasteiger charge is 2.08. The SMILES string of the molecule is O=C(NCc1cc(CCl)no1)c1ccccn1. The van der Waals surface area contributed by atoms with Gasteiger partial charge in [0, 0.05) is 12.3 Å². The lowest BCUT2D eigenvalue weighted by Crippen LogP contribution is -2.23. The lowest BCUT2D eigenvalue weighted by Gasteiger charge is -2.00. The number of nitrogens with zero attached hydrogens (tertiary/aromatic N) is 2. The van der Waals surface area contributed by atoms with Gasteiger partial charge in [-0.3, -0.25) is 9.78 Å². The van der Waals surface area contributed by atoms with E-state index in [0.29, 0.717) is 17.1 Å². The third-order valence-electron chi connectivity index (χ3n) is 2.07. The third kappa shape index (κ3) is 3.04. The minimum atomic E-state index is -0.255. The van der Waals surface area contributed by atoms with Crippen LogP contribution < -0.4 is 5.32 Å². The zero-order chi connectivity index (χ0) is 12.1. The number of rotatable bonds is 4. The van der Waals surface area contributed by atoms with Crippen molar-refractivity contribution < 1.29 is 9.32 Å². The standard InChI is InChI=1S/C11H10ClN3O2/c12-6-8-5-9(17-15-8)7-14-11(16)10-3-1-2-4-13-10/h1-5H,6-7H2,(H,14,16). The highest BCUT2D eigenvalue weighted by molar-refractivity contribution is 6.16. The molecule has 0 bridgehead atoms. The highest BCUT2D eigenvalue weighted by atomic mass is 35.5. The Balaban J connectivity index is 1.92. The molecule has 0 aromatic carbocycles. The molecule has 0 aliphatic carbocycles. The Morgan fingerprint density at radius 3 is 3.00 bits per heavy atom. The van der Waals surface area contributed by atoms with Crippen molar-refractivity contribution in [1.82, 2.24) is 15.5 Å². The summed E-state index contributed by atoms with van der Waals surface area (Å²) >= 11 is 5.58. The van der Waals surface area contributed by atoms with E-state index in [-0.39, 0.29) is 18.3 Å². The summed E-state index contributed by atoms with van der Waals surface area (Å²) in [6.07, 6.45) is 1.56. The molecule has 2 rings (SSSR count). The number of nitrogens with one attached hydrogen (secondary N) is 1. The van der Waals surface area contributed by atoms with E-state index in [9.17, 15) is 4.79 Å². The number of carbonyl (C=O) groups is 1. The minimum absolute atomic E-state index is 0.255. The fourth-order valence-electron chi connectivity index (χ4n) is 1.26. The van der Waals surface area contributed by atoms with Gasteiger partial charge in [-0.2, -0.15) is 0 Å². The van der Waals surface area contributed by atoms with Crippen LogP contribution in [0.15, 0.2) is 35.0 Å². The lowest BCUT2D eigenvalue weighted by molar-refractivity contribution is 0.0942. The summed E-state index contributed by atoms with van der Waals surface area (Å²) in [6.45, 7) is 0.263. The molecule has 0 unspecified atom stereocenters. The van der Waals surface area contributed by atoms with Crippen molar-refractivity contribution in [3.05, 3.63) is 47.6 Å². The Labute approximate surface area is 103 Å². The minimum Gasteiger partial charge on any atom is -0.359 e. The van der Waals surface area contributed by atoms with E-state index in [4.69, 9.17) is 16.1 Å². The molecule has 0 fully saturated rings. The first-order valence-corrected chi connectivity index (χ1v) is 5.52. The number of carbonyl (C=O) groups excluding carboxylic acids is 1. The normalized spacial score (nSPS) is 10.2. The molecule has 17 heavy (non-hydrogen) atoms. The summed E-state index contributed by atoms with van der Waals surface area (Å²) in [5.41, 5.74) is 1.01. The van der Waals surface area contributed by atoms with Crippen molar-refractivity contribution in [2.75, 3.05) is 0 Å². The maximum Gasteiger partial charge on any atom is 0.270 e. The molecule has 2 heterocycles. The molecule has 1 amide bonds. The molecule has 2 aromatic rings. The second-order valence-corrected chi connectivity index (χ2v) is 3.58. The zero-order valence-corrected chi connectivity index (χ0v) is 9.65. The van der Waals surface area contributed by atoms with Crippen molar-refractivity contribution in [2.45, 2.75) is 12.4 Å². The summed E-state index contributed by atoms with van der Waals surface area (Å²) in [4.78, 5) is 15.6. The molecule has 0 saturated carbocycles. The topological polar surface area (TPSA) is 68.0 Å². The van der Waals surface area contributed by atoms with Crippen molar-refractivity contribution in [3.8, 4) is 0 Å². The van der Waals surface area contributed by atoms with E-state index in [1.54, 1.807) is 30.5 Å². The molecule has 6 heteroatoms. The second kappa shape index (κ2) is 5.45. The van der Waals surface area contributed by atoms with Gasteiger partial charge in [0.2, 0.25) is 0 Å². The maximum absolute atomic E-state index is 11.6. The Morgan fingerprint density at radius 1 is 1.47 bits per heavy atom. The van der Waals surface area contributed by atoms with Gasteiger partial charge in [-0.15, -0.1) is 11.6 Å². The van der Waals surface area contributed by atoms with Crippen LogP contribution in [0.2, 0.25) is 0 Å². The van der Waals surface area contributed by atoms with Gasteiger partial charge in [-0.1, -0.05) is 11.2 Å². The molecule has 0 atom stereocenters. The van der Waals surface area contributed by atoms with Crippen LogP contribution in [0.3, 0.4) is 0 Å². The highest BCUT2D eigenvalue weighted by Crippen LogP contribution is 2.05. The van der Waals surface area contributed by atoms with Crippen LogP contribution in [0.1, 0.15) is 21.9 Å². The smallest absolute Gasteiger partial charge is 0.270 e. The first kappa shape index (κ1) is 11.6. The monoisotopic (exact) mass is 251 g/mol. The Bertz CT molecular complexity index is 498. The first-order valence-electron chi connectivity index (χ1n) is 4.99. The number of pyridine rings is 1. The summed E-state index contributed by atoms with van der Waals surface area (Å²) in [6, 6.07) is 6.84. The van der Waals surface area contributed by atoms with Crippen molar-refractivity contribution >= 4 is 17.5 Å². The Morgan fingerprint density at radius 2 is 2.35 bits per heavy atom. The number of aromatic nitrogens is 2. The third-order valence-corrected chi connectivity index (χ3v) is 2.34. The maximum atomic E-state index is 11.6. The summed E-state index contributed by atoms with van der Waals surface area (Å²) in [5, 5.41) is 6.39. The molecule has 0 radical (unpaired) electrons. The zero-order valence-electron chi connectivity index (χ0n) is 8.89. The molecule has 2 aromatic heterocycles. The van der Waals surface area contributed by atoms with Gasteiger partial charge in [-0.25, -0.2) is 0 Å². The molecule has 0 aliphatic heterocycles. The van der Waals surface area contributed by atoms with Gasteiger partial charge >= 0.3 is 0 Å². The number of hydrogen-bond donors (Lipinski definition) is 1. The number of alkyl halides is 1. The van der Waals surface area contributed by atoms with Crippen molar-refractivity contribution in [3.63, 3.8) is 0 Å². The molecule has 1 N–H and O–H groups in total. The quantitative estimate of drug-likeness (QED) is 0.841.